The lowest BCUT2D eigenvalue weighted by Gasteiger charge is -2.05. The number of anilines is 1. The van der Waals surface area contributed by atoms with Gasteiger partial charge in [0.05, 0.1) is 9.26 Å². The van der Waals surface area contributed by atoms with Crippen molar-refractivity contribution < 1.29 is 9.18 Å². The highest BCUT2D eigenvalue weighted by atomic mass is 127. The quantitative estimate of drug-likeness (QED) is 0.482. The van der Waals surface area contributed by atoms with Gasteiger partial charge < -0.3 is 5.32 Å². The maximum absolute atomic E-state index is 13.3. The fourth-order valence-electron chi connectivity index (χ4n) is 1.31. The first kappa shape index (κ1) is 13.7. The van der Waals surface area contributed by atoms with Gasteiger partial charge in [0.2, 0.25) is 5.71 Å². The van der Waals surface area contributed by atoms with Crippen LogP contribution in [0.25, 0.3) is 0 Å². The molecule has 1 aliphatic carbocycles. The first-order chi connectivity index (χ1) is 9.11. The zero-order valence-electron chi connectivity index (χ0n) is 9.78. The molecule has 0 aliphatic heterocycles. The summed E-state index contributed by atoms with van der Waals surface area (Å²) in [4.78, 5) is 11.6. The van der Waals surface area contributed by atoms with Gasteiger partial charge in [-0.05, 0) is 47.6 Å². The van der Waals surface area contributed by atoms with Crippen molar-refractivity contribution in [3.05, 3.63) is 27.6 Å². The normalized spacial score (nSPS) is 14.7. The van der Waals surface area contributed by atoms with Crippen molar-refractivity contribution in [2.24, 2.45) is 5.10 Å². The topological polar surface area (TPSA) is 77.3 Å². The highest BCUT2D eigenvalue weighted by Gasteiger charge is 2.25. The molecule has 2 N–H and O–H groups in total. The second-order valence-corrected chi connectivity index (χ2v) is 5.11. The van der Waals surface area contributed by atoms with Crippen LogP contribution in [-0.2, 0) is 4.79 Å². The number of carbonyl (C=O) groups excluding carboxylic acids is 1. The zero-order chi connectivity index (χ0) is 13.8. The van der Waals surface area contributed by atoms with Gasteiger partial charge in [-0.2, -0.15) is 10.4 Å². The molecule has 1 saturated carbocycles. The molecule has 1 aliphatic rings. The third kappa shape index (κ3) is 3.64. The number of hydrazone groups is 1. The number of benzene rings is 1. The number of nitrogens with zero attached hydrogens (tertiary/aromatic N) is 2. The van der Waals surface area contributed by atoms with Crippen LogP contribution in [0, 0.1) is 20.7 Å². The van der Waals surface area contributed by atoms with E-state index in [1.165, 1.54) is 12.1 Å². The molecule has 1 amide bonds. The second-order valence-electron chi connectivity index (χ2n) is 4.03. The zero-order valence-corrected chi connectivity index (χ0v) is 11.9. The number of nitrogens with one attached hydrogen (secondary N) is 2. The molecule has 7 heteroatoms. The molecule has 1 aromatic rings. The lowest BCUT2D eigenvalue weighted by atomic mass is 10.3. The van der Waals surface area contributed by atoms with Crippen LogP contribution in [0.15, 0.2) is 23.3 Å². The molecule has 5 nitrogen and oxygen atoms in total. The summed E-state index contributed by atoms with van der Waals surface area (Å²) in [6.07, 6.45) is 1.86. The van der Waals surface area contributed by atoms with Crippen LogP contribution in [-0.4, -0.2) is 17.7 Å². The van der Waals surface area contributed by atoms with Gasteiger partial charge in [-0.3, -0.25) is 10.2 Å². The Labute approximate surface area is 123 Å². The van der Waals surface area contributed by atoms with Crippen LogP contribution >= 0.6 is 22.6 Å². The largest absolute Gasteiger partial charge is 0.347 e. The molecule has 19 heavy (non-hydrogen) atoms. The van der Waals surface area contributed by atoms with Crippen LogP contribution in [0.5, 0.6) is 0 Å². The van der Waals surface area contributed by atoms with Crippen molar-refractivity contribution in [2.75, 3.05) is 5.43 Å². The Morgan fingerprint density at radius 3 is 2.89 bits per heavy atom. The Bertz CT molecular complexity index is 578. The first-order valence-corrected chi connectivity index (χ1v) is 6.68. The molecule has 0 heterocycles. The predicted octanol–water partition coefficient (Wildman–Crippen LogP) is 2.00. The van der Waals surface area contributed by atoms with Crippen LogP contribution in [0.1, 0.15) is 12.8 Å². The van der Waals surface area contributed by atoms with E-state index in [-0.39, 0.29) is 17.6 Å². The van der Waals surface area contributed by atoms with Crippen molar-refractivity contribution >= 4 is 39.9 Å². The molecule has 0 aromatic heterocycles. The standard InChI is InChI=1S/C12H10FIN4O/c13-8-2-1-3-9(11(8)14)17-18-10(6-15)12(19)16-7-4-5-7/h1-3,7,17H,4-5H2,(H,16,19)/b18-10+. The van der Waals surface area contributed by atoms with E-state index < -0.39 is 5.91 Å². The van der Waals surface area contributed by atoms with Crippen LogP contribution in [0.2, 0.25) is 0 Å². The Balaban J connectivity index is 2.08. The van der Waals surface area contributed by atoms with Gasteiger partial charge in [0.25, 0.3) is 5.91 Å². The van der Waals surface area contributed by atoms with E-state index in [2.05, 4.69) is 15.8 Å². The minimum Gasteiger partial charge on any atom is -0.347 e. The second kappa shape index (κ2) is 5.97. The van der Waals surface area contributed by atoms with Gasteiger partial charge in [0.1, 0.15) is 11.9 Å². The lowest BCUT2D eigenvalue weighted by molar-refractivity contribution is -0.114. The maximum atomic E-state index is 13.3. The third-order valence-corrected chi connectivity index (χ3v) is 3.57. The summed E-state index contributed by atoms with van der Waals surface area (Å²) >= 11 is 1.82. The molecule has 1 fully saturated rings. The molecule has 0 spiro atoms. The average Bonchev–Trinajstić information content (AvgIpc) is 3.19. The molecule has 0 radical (unpaired) electrons. The van der Waals surface area contributed by atoms with Crippen LogP contribution < -0.4 is 10.7 Å². The molecule has 0 unspecified atom stereocenters. The lowest BCUT2D eigenvalue weighted by Crippen LogP contribution is -2.32. The smallest absolute Gasteiger partial charge is 0.282 e. The Hall–Kier alpha value is -1.69. The number of carbonyl (C=O) groups is 1. The maximum Gasteiger partial charge on any atom is 0.282 e. The molecular weight excluding hydrogens is 362 g/mol. The molecule has 98 valence electrons. The Morgan fingerprint density at radius 2 is 2.26 bits per heavy atom. The summed E-state index contributed by atoms with van der Waals surface area (Å²) < 4.78 is 13.6. The minimum absolute atomic E-state index is 0.153. The van der Waals surface area contributed by atoms with Crippen molar-refractivity contribution in [1.29, 1.82) is 5.26 Å². The van der Waals surface area contributed by atoms with Crippen molar-refractivity contribution in [1.82, 2.24) is 5.32 Å². The van der Waals surface area contributed by atoms with Crippen LogP contribution in [0.4, 0.5) is 10.1 Å². The monoisotopic (exact) mass is 372 g/mol. The van der Waals surface area contributed by atoms with Gasteiger partial charge in [0, 0.05) is 6.04 Å². The number of rotatable bonds is 4. The number of hydrogen-bond acceptors (Lipinski definition) is 4. The van der Waals surface area contributed by atoms with E-state index in [1.54, 1.807) is 12.1 Å². The fourth-order valence-corrected chi connectivity index (χ4v) is 1.79. The first-order valence-electron chi connectivity index (χ1n) is 5.60. The Kier molecular flexibility index (Phi) is 4.31. The third-order valence-electron chi connectivity index (χ3n) is 2.47. The van der Waals surface area contributed by atoms with Gasteiger partial charge in [-0.25, -0.2) is 4.39 Å². The number of halogens is 2. The number of hydrogen-bond donors (Lipinski definition) is 2. The van der Waals surface area contributed by atoms with E-state index in [0.29, 0.717) is 9.26 Å². The summed E-state index contributed by atoms with van der Waals surface area (Å²) in [5, 5.41) is 15.3. The van der Waals surface area contributed by atoms with Crippen molar-refractivity contribution in [3.8, 4) is 6.07 Å². The Morgan fingerprint density at radius 1 is 1.53 bits per heavy atom. The minimum atomic E-state index is -0.510. The van der Waals surface area contributed by atoms with E-state index >= 15 is 0 Å². The number of amides is 1. The van der Waals surface area contributed by atoms with Gasteiger partial charge >= 0.3 is 0 Å². The summed E-state index contributed by atoms with van der Waals surface area (Å²) in [7, 11) is 0. The molecule has 0 atom stereocenters. The van der Waals surface area contributed by atoms with Gasteiger partial charge in [-0.15, -0.1) is 0 Å². The highest BCUT2D eigenvalue weighted by Crippen LogP contribution is 2.21. The van der Waals surface area contributed by atoms with E-state index in [1.807, 2.05) is 22.6 Å². The number of nitriles is 1. The summed E-state index contributed by atoms with van der Waals surface area (Å²) in [6.45, 7) is 0. The average molecular weight is 372 g/mol. The fraction of sp³-hybridized carbons (Fsp3) is 0.250. The van der Waals surface area contributed by atoms with Gasteiger partial charge in [-0.1, -0.05) is 6.07 Å². The van der Waals surface area contributed by atoms with Gasteiger partial charge in [0.15, 0.2) is 0 Å². The van der Waals surface area contributed by atoms with Crippen molar-refractivity contribution in [3.63, 3.8) is 0 Å². The predicted molar refractivity (Wildman–Crippen MR) is 77.0 cm³/mol. The molecule has 0 saturated heterocycles. The SMILES string of the molecule is N#C/C(=N\Nc1cccc(F)c1I)C(=O)NC1CC1. The molecular formula is C12H10FIN4O. The van der Waals surface area contributed by atoms with Crippen molar-refractivity contribution in [2.45, 2.75) is 18.9 Å². The molecule has 1 aromatic carbocycles. The summed E-state index contributed by atoms with van der Waals surface area (Å²) in [5.41, 5.74) is 2.67. The van der Waals surface area contributed by atoms with E-state index in [9.17, 15) is 9.18 Å². The highest BCUT2D eigenvalue weighted by molar-refractivity contribution is 14.1. The van der Waals surface area contributed by atoms with E-state index in [0.717, 1.165) is 12.8 Å². The van der Waals surface area contributed by atoms with Crippen LogP contribution in [0.3, 0.4) is 0 Å². The summed E-state index contributed by atoms with van der Waals surface area (Å²) in [6, 6.07) is 6.33. The summed E-state index contributed by atoms with van der Waals surface area (Å²) in [5.74, 6) is -0.898. The van der Waals surface area contributed by atoms with E-state index in [4.69, 9.17) is 5.26 Å². The molecule has 0 bridgehead atoms. The molecule has 2 rings (SSSR count).